The second-order valence-electron chi connectivity index (χ2n) is 10.2. The van der Waals surface area contributed by atoms with E-state index >= 15 is 0 Å². The van der Waals surface area contributed by atoms with Crippen molar-refractivity contribution in [3.05, 3.63) is 69.7 Å². The number of nitro groups is 1. The molecule has 0 bridgehead atoms. The number of nitrogens with zero attached hydrogens (tertiary/aromatic N) is 3. The third kappa shape index (κ3) is 3.39. The molecular formula is C26H20BrCl2N3O8. The lowest BCUT2D eigenvalue weighted by molar-refractivity contribution is -0.384. The predicted octanol–water partition coefficient (Wildman–Crippen LogP) is 3.60. The Morgan fingerprint density at radius 3 is 2.35 bits per heavy atom. The van der Waals surface area contributed by atoms with Crippen LogP contribution in [0.1, 0.15) is 30.3 Å². The molecule has 14 heteroatoms. The molecule has 4 amide bonds. The summed E-state index contributed by atoms with van der Waals surface area (Å²) < 4.78 is 5.83. The fourth-order valence-corrected chi connectivity index (χ4v) is 8.08. The van der Waals surface area contributed by atoms with Crippen LogP contribution in [0.4, 0.5) is 11.4 Å². The summed E-state index contributed by atoms with van der Waals surface area (Å²) in [5.74, 6) is -5.57. The van der Waals surface area contributed by atoms with Gasteiger partial charge in [0.1, 0.15) is 18.1 Å². The number of benzene rings is 1. The molecule has 6 atom stereocenters. The number of amides is 4. The highest BCUT2D eigenvalue weighted by Crippen LogP contribution is 2.65. The highest BCUT2D eigenvalue weighted by Gasteiger charge is 2.76. The van der Waals surface area contributed by atoms with E-state index in [0.29, 0.717) is 5.57 Å². The van der Waals surface area contributed by atoms with Crippen LogP contribution in [0.2, 0.25) is 0 Å². The zero-order valence-electron chi connectivity index (χ0n) is 20.5. The SMILES string of the molecule is O=C1[C@H]2[C@H](CC=C3[C@H]2C[C@@]2(Cl)C(=O)N(CBr)C(=O)[C@@]2(Cl)[C@H]3c2ccc(CO)o2)C(=O)N1c1ccc([N+](=O)[O-])cc1. The fraction of sp³-hybridized carbons (Fsp3) is 0.385. The molecule has 2 aliphatic heterocycles. The molecule has 2 aliphatic carbocycles. The number of aliphatic hydroxyl groups excluding tert-OH is 1. The van der Waals surface area contributed by atoms with E-state index < -0.39 is 68.6 Å². The molecule has 1 saturated carbocycles. The first-order chi connectivity index (χ1) is 19.0. The average Bonchev–Trinajstić information content (AvgIpc) is 3.55. The Bertz CT molecular complexity index is 1530. The van der Waals surface area contributed by atoms with Gasteiger partial charge in [0.15, 0.2) is 9.75 Å². The van der Waals surface area contributed by atoms with Crippen molar-refractivity contribution in [2.45, 2.75) is 35.1 Å². The molecule has 0 unspecified atom stereocenters. The molecule has 1 N–H and O–H groups in total. The Labute approximate surface area is 244 Å². The van der Waals surface area contributed by atoms with Crippen molar-refractivity contribution < 1.29 is 33.6 Å². The Morgan fingerprint density at radius 2 is 1.75 bits per heavy atom. The van der Waals surface area contributed by atoms with E-state index in [1.54, 1.807) is 12.1 Å². The molecule has 3 fully saturated rings. The maximum absolute atomic E-state index is 13.9. The molecule has 40 heavy (non-hydrogen) atoms. The van der Waals surface area contributed by atoms with Gasteiger partial charge in [-0.1, -0.05) is 27.6 Å². The Morgan fingerprint density at radius 1 is 1.05 bits per heavy atom. The Balaban J connectivity index is 1.47. The lowest BCUT2D eigenvalue weighted by atomic mass is 9.57. The van der Waals surface area contributed by atoms with Crippen molar-refractivity contribution >= 4 is 74.1 Å². The minimum atomic E-state index is -2.00. The second kappa shape index (κ2) is 9.23. The molecule has 4 aliphatic rings. The van der Waals surface area contributed by atoms with Crippen molar-refractivity contribution in [2.75, 3.05) is 10.4 Å². The number of halogens is 3. The van der Waals surface area contributed by atoms with Crippen LogP contribution in [0.5, 0.6) is 0 Å². The maximum atomic E-state index is 13.9. The van der Waals surface area contributed by atoms with E-state index in [1.165, 1.54) is 30.3 Å². The number of non-ortho nitro benzene ring substituents is 1. The minimum absolute atomic E-state index is 0.151. The summed E-state index contributed by atoms with van der Waals surface area (Å²) in [5.41, 5.74) is 0.396. The molecule has 0 spiro atoms. The summed E-state index contributed by atoms with van der Waals surface area (Å²) in [6.45, 7) is -0.418. The largest absolute Gasteiger partial charge is 0.463 e. The van der Waals surface area contributed by atoms with Gasteiger partial charge in [-0.3, -0.25) is 39.1 Å². The van der Waals surface area contributed by atoms with Gasteiger partial charge in [0.2, 0.25) is 11.8 Å². The Kier molecular flexibility index (Phi) is 6.26. The van der Waals surface area contributed by atoms with Gasteiger partial charge in [0.05, 0.1) is 33.8 Å². The summed E-state index contributed by atoms with van der Waals surface area (Å²) in [4.78, 5) is 63.1. The maximum Gasteiger partial charge on any atom is 0.269 e. The van der Waals surface area contributed by atoms with Crippen LogP contribution in [-0.4, -0.2) is 53.8 Å². The average molecular weight is 653 g/mol. The van der Waals surface area contributed by atoms with Crippen molar-refractivity contribution in [2.24, 2.45) is 17.8 Å². The number of furan rings is 1. The summed E-state index contributed by atoms with van der Waals surface area (Å²) >= 11 is 17.4. The Hall–Kier alpha value is -3.06. The molecule has 2 saturated heterocycles. The van der Waals surface area contributed by atoms with Crippen LogP contribution >= 0.6 is 39.1 Å². The summed E-state index contributed by atoms with van der Waals surface area (Å²) in [6.07, 6.45) is 1.73. The van der Waals surface area contributed by atoms with Gasteiger partial charge in [-0.05, 0) is 43.0 Å². The number of carbonyl (C=O) groups excluding carboxylic acids is 4. The van der Waals surface area contributed by atoms with Gasteiger partial charge >= 0.3 is 0 Å². The van der Waals surface area contributed by atoms with Crippen LogP contribution in [0.25, 0.3) is 0 Å². The van der Waals surface area contributed by atoms with Crippen LogP contribution in [-0.2, 0) is 25.8 Å². The number of hydrogen-bond donors (Lipinski definition) is 1. The first kappa shape index (κ1) is 27.1. The first-order valence-corrected chi connectivity index (χ1v) is 14.2. The van der Waals surface area contributed by atoms with Gasteiger partial charge in [0, 0.05) is 12.1 Å². The standard InChI is InChI=1S/C26H20BrCl2N3O8/c27-11-30-23(36)25(28)9-17-15(20(26(25,29)24(30)37)18-8-5-14(10-33)40-18)6-7-16-19(17)22(35)31(21(16)34)12-1-3-13(4-2-12)32(38)39/h1-6,8,16-17,19-20,33H,7,9-11H2/t16-,17+,19-,20+,25+,26-/m0/s1. The number of imide groups is 2. The molecule has 11 nitrogen and oxygen atoms in total. The molecule has 1 aromatic heterocycles. The number of rotatable bonds is 5. The number of aliphatic hydroxyl groups is 1. The van der Waals surface area contributed by atoms with Gasteiger partial charge in [0.25, 0.3) is 17.5 Å². The van der Waals surface area contributed by atoms with Gasteiger partial charge in [-0.2, -0.15) is 0 Å². The lowest BCUT2D eigenvalue weighted by Crippen LogP contribution is -2.60. The molecular weight excluding hydrogens is 633 g/mol. The van der Waals surface area contributed by atoms with Crippen LogP contribution in [0, 0.1) is 27.9 Å². The number of carbonyl (C=O) groups is 4. The smallest absolute Gasteiger partial charge is 0.269 e. The van der Waals surface area contributed by atoms with Crippen LogP contribution in [0.3, 0.4) is 0 Å². The van der Waals surface area contributed by atoms with Crippen molar-refractivity contribution in [3.8, 4) is 0 Å². The number of anilines is 1. The van der Waals surface area contributed by atoms with Crippen LogP contribution < -0.4 is 4.90 Å². The number of fused-ring (bicyclic) bond motifs is 4. The number of hydrogen-bond acceptors (Lipinski definition) is 8. The summed E-state index contributed by atoms with van der Waals surface area (Å²) in [6, 6.07) is 8.16. The van der Waals surface area contributed by atoms with Crippen molar-refractivity contribution in [1.82, 2.24) is 4.90 Å². The molecule has 6 rings (SSSR count). The highest BCUT2D eigenvalue weighted by molar-refractivity contribution is 9.09. The van der Waals surface area contributed by atoms with E-state index in [-0.39, 0.29) is 41.2 Å². The third-order valence-electron chi connectivity index (χ3n) is 8.46. The molecule has 0 radical (unpaired) electrons. The van der Waals surface area contributed by atoms with Gasteiger partial charge < -0.3 is 9.52 Å². The van der Waals surface area contributed by atoms with E-state index in [1.807, 2.05) is 0 Å². The van der Waals surface area contributed by atoms with E-state index in [2.05, 4.69) is 15.9 Å². The number of alkyl halides is 3. The van der Waals surface area contributed by atoms with Gasteiger partial charge in [-0.15, -0.1) is 23.2 Å². The zero-order chi connectivity index (χ0) is 28.7. The zero-order valence-corrected chi connectivity index (χ0v) is 23.6. The summed E-state index contributed by atoms with van der Waals surface area (Å²) in [7, 11) is 0. The van der Waals surface area contributed by atoms with Crippen LogP contribution in [0.15, 0.2) is 52.5 Å². The lowest BCUT2D eigenvalue weighted by Gasteiger charge is -2.49. The quantitative estimate of drug-likeness (QED) is 0.129. The molecule has 208 valence electrons. The normalized spacial score (nSPS) is 33.1. The van der Waals surface area contributed by atoms with E-state index in [4.69, 9.17) is 27.6 Å². The van der Waals surface area contributed by atoms with E-state index in [9.17, 15) is 34.4 Å². The first-order valence-electron chi connectivity index (χ1n) is 12.3. The predicted molar refractivity (Wildman–Crippen MR) is 144 cm³/mol. The second-order valence-corrected chi connectivity index (χ2v) is 12.0. The molecule has 2 aromatic rings. The number of likely N-dealkylation sites (tertiary alicyclic amines) is 1. The highest BCUT2D eigenvalue weighted by atomic mass is 79.9. The van der Waals surface area contributed by atoms with Crippen molar-refractivity contribution in [1.29, 1.82) is 0 Å². The summed E-state index contributed by atoms with van der Waals surface area (Å²) in [5, 5.41) is 20.7. The number of nitro benzene ring substituents is 1. The van der Waals surface area contributed by atoms with Gasteiger partial charge in [-0.25, -0.2) is 0 Å². The van der Waals surface area contributed by atoms with E-state index in [0.717, 1.165) is 9.80 Å². The third-order valence-corrected chi connectivity index (χ3v) is 10.4. The molecule has 3 heterocycles. The molecule has 1 aromatic carbocycles. The number of allylic oxidation sites excluding steroid dienone is 2. The van der Waals surface area contributed by atoms with Crippen molar-refractivity contribution in [3.63, 3.8) is 0 Å². The topological polar surface area (TPSA) is 151 Å². The minimum Gasteiger partial charge on any atom is -0.463 e. The monoisotopic (exact) mass is 651 g/mol. The fourth-order valence-electron chi connectivity index (χ4n) is 6.68.